The van der Waals surface area contributed by atoms with E-state index in [1.165, 1.54) is 31.1 Å². The molecule has 0 N–H and O–H groups in total. The van der Waals surface area contributed by atoms with Crippen LogP contribution in [0, 0.1) is 11.8 Å². The lowest BCUT2D eigenvalue weighted by molar-refractivity contribution is 0.0818. The normalized spacial score (nSPS) is 37.7. The molecule has 2 aliphatic rings. The van der Waals surface area contributed by atoms with E-state index in [0.717, 1.165) is 18.8 Å². The van der Waals surface area contributed by atoms with Crippen molar-refractivity contribution >= 4 is 0 Å². The van der Waals surface area contributed by atoms with E-state index in [0.29, 0.717) is 12.5 Å². The minimum atomic E-state index is -1.62. The van der Waals surface area contributed by atoms with Crippen LogP contribution in [-0.2, 0) is 4.74 Å². The van der Waals surface area contributed by atoms with Gasteiger partial charge in [-0.05, 0) is 36.8 Å². The van der Waals surface area contributed by atoms with Crippen molar-refractivity contribution in [1.82, 2.24) is 0 Å². The third-order valence-electron chi connectivity index (χ3n) is 3.73. The number of hydrogen-bond acceptors (Lipinski definition) is 1. The third kappa shape index (κ3) is 3.30. The van der Waals surface area contributed by atoms with Crippen LogP contribution in [0.2, 0.25) is 0 Å². The highest BCUT2D eigenvalue weighted by Gasteiger charge is 2.27. The lowest BCUT2D eigenvalue weighted by Crippen LogP contribution is -2.24. The second-order valence-electron chi connectivity index (χ2n) is 5.24. The summed E-state index contributed by atoms with van der Waals surface area (Å²) >= 11 is 0. The van der Waals surface area contributed by atoms with Gasteiger partial charge in [0, 0.05) is 0 Å². The van der Waals surface area contributed by atoms with Gasteiger partial charge in [0.2, 0.25) is 0 Å². The van der Waals surface area contributed by atoms with Crippen molar-refractivity contribution < 1.29 is 13.5 Å². The van der Waals surface area contributed by atoms with E-state index in [1.807, 2.05) is 0 Å². The van der Waals surface area contributed by atoms with Crippen molar-refractivity contribution in [3.63, 3.8) is 0 Å². The molecule has 2 aliphatic carbocycles. The summed E-state index contributed by atoms with van der Waals surface area (Å²) in [5.74, 6) is 1.45. The van der Waals surface area contributed by atoms with Gasteiger partial charge in [0.1, 0.15) is 5.76 Å². The monoisotopic (exact) mass is 242 g/mol. The van der Waals surface area contributed by atoms with E-state index in [9.17, 15) is 8.78 Å². The van der Waals surface area contributed by atoms with Gasteiger partial charge in [0.05, 0.1) is 6.61 Å². The molecule has 2 rings (SSSR count). The summed E-state index contributed by atoms with van der Waals surface area (Å²) in [5.41, 5.74) is 0. The van der Waals surface area contributed by atoms with Gasteiger partial charge in [0.25, 0.3) is 0 Å². The molecule has 0 bridgehead atoms. The van der Waals surface area contributed by atoms with Crippen molar-refractivity contribution in [1.29, 1.82) is 0 Å². The number of halogens is 2. The fraction of sp³-hybridized carbons (Fsp3) is 0.714. The van der Waals surface area contributed by atoms with Crippen LogP contribution in [0.5, 0.6) is 0 Å². The van der Waals surface area contributed by atoms with Crippen molar-refractivity contribution in [2.75, 3.05) is 6.61 Å². The van der Waals surface area contributed by atoms with Crippen LogP contribution in [0.4, 0.5) is 8.78 Å². The molecule has 0 aromatic carbocycles. The Bertz CT molecular complexity index is 303. The Kier molecular flexibility index (Phi) is 4.19. The molecule has 0 radical (unpaired) electrons. The lowest BCUT2D eigenvalue weighted by atomic mass is 9.83. The summed E-state index contributed by atoms with van der Waals surface area (Å²) < 4.78 is 31.9. The number of rotatable bonds is 3. The highest BCUT2D eigenvalue weighted by molar-refractivity contribution is 5.21. The van der Waals surface area contributed by atoms with Crippen LogP contribution < -0.4 is 0 Å². The van der Waals surface area contributed by atoms with Crippen molar-refractivity contribution in [2.45, 2.75) is 45.0 Å². The first-order valence-electron chi connectivity index (χ1n) is 6.46. The van der Waals surface area contributed by atoms with Gasteiger partial charge in [-0.1, -0.05) is 25.8 Å². The van der Waals surface area contributed by atoms with E-state index in [-0.39, 0.29) is 5.76 Å². The minimum absolute atomic E-state index is 0.152. The van der Waals surface area contributed by atoms with Gasteiger partial charge >= 0.3 is 0 Å². The molecule has 0 aliphatic heterocycles. The summed E-state index contributed by atoms with van der Waals surface area (Å²) in [6.07, 6.45) is 5.82. The Balaban J connectivity index is 1.78. The molecule has 0 aromatic heterocycles. The predicted molar refractivity (Wildman–Crippen MR) is 64.1 cm³/mol. The quantitative estimate of drug-likeness (QED) is 0.728. The summed E-state index contributed by atoms with van der Waals surface area (Å²) in [4.78, 5) is 0. The SMILES string of the molecule is CC1CCC(COC2=CC=CC(F)C2F)CC1. The summed E-state index contributed by atoms with van der Waals surface area (Å²) in [6, 6.07) is 0. The molecular weight excluding hydrogens is 222 g/mol. The molecule has 0 amide bonds. The first kappa shape index (κ1) is 12.6. The molecule has 1 nitrogen and oxygen atoms in total. The third-order valence-corrected chi connectivity index (χ3v) is 3.73. The standard InChI is InChI=1S/C14H20F2O/c1-10-5-7-11(8-6-10)9-17-13-4-2-3-12(15)14(13)16/h2-4,10-12,14H,5-9H2,1H3. The first-order valence-corrected chi connectivity index (χ1v) is 6.46. The van der Waals surface area contributed by atoms with Crippen molar-refractivity contribution in [3.05, 3.63) is 24.0 Å². The van der Waals surface area contributed by atoms with Gasteiger partial charge in [0.15, 0.2) is 12.3 Å². The van der Waals surface area contributed by atoms with E-state index in [2.05, 4.69) is 6.92 Å². The average molecular weight is 242 g/mol. The number of alkyl halides is 2. The lowest BCUT2D eigenvalue weighted by Gasteiger charge is -2.27. The Morgan fingerprint density at radius 3 is 2.65 bits per heavy atom. The van der Waals surface area contributed by atoms with Crippen LogP contribution in [-0.4, -0.2) is 19.0 Å². The van der Waals surface area contributed by atoms with Crippen LogP contribution in [0.1, 0.15) is 32.6 Å². The van der Waals surface area contributed by atoms with Crippen molar-refractivity contribution in [2.24, 2.45) is 11.8 Å². The molecule has 3 heteroatoms. The topological polar surface area (TPSA) is 9.23 Å². The second-order valence-corrected chi connectivity index (χ2v) is 5.24. The summed E-state index contributed by atoms with van der Waals surface area (Å²) in [7, 11) is 0. The fourth-order valence-electron chi connectivity index (χ4n) is 2.44. The Hall–Kier alpha value is -0.860. The van der Waals surface area contributed by atoms with E-state index in [1.54, 1.807) is 0 Å². The number of allylic oxidation sites excluding steroid dienone is 4. The fourth-order valence-corrected chi connectivity index (χ4v) is 2.44. The average Bonchev–Trinajstić information content (AvgIpc) is 2.33. The summed E-state index contributed by atoms with van der Waals surface area (Å²) in [5, 5.41) is 0. The molecule has 2 atom stereocenters. The molecule has 1 fully saturated rings. The van der Waals surface area contributed by atoms with E-state index in [4.69, 9.17) is 4.74 Å². The van der Waals surface area contributed by atoms with Gasteiger partial charge in [-0.3, -0.25) is 0 Å². The van der Waals surface area contributed by atoms with Crippen LogP contribution in [0.3, 0.4) is 0 Å². The van der Waals surface area contributed by atoms with E-state index >= 15 is 0 Å². The molecule has 1 saturated carbocycles. The van der Waals surface area contributed by atoms with Gasteiger partial charge in [-0.2, -0.15) is 0 Å². The first-order chi connectivity index (χ1) is 8.16. The zero-order valence-corrected chi connectivity index (χ0v) is 10.2. The zero-order chi connectivity index (χ0) is 12.3. The largest absolute Gasteiger partial charge is 0.494 e. The zero-order valence-electron chi connectivity index (χ0n) is 10.2. The smallest absolute Gasteiger partial charge is 0.191 e. The minimum Gasteiger partial charge on any atom is -0.494 e. The maximum atomic E-state index is 13.4. The highest BCUT2D eigenvalue weighted by atomic mass is 19.2. The number of ether oxygens (including phenoxy) is 1. The highest BCUT2D eigenvalue weighted by Crippen LogP contribution is 2.30. The Morgan fingerprint density at radius 2 is 1.94 bits per heavy atom. The van der Waals surface area contributed by atoms with Gasteiger partial charge < -0.3 is 4.74 Å². The maximum Gasteiger partial charge on any atom is 0.191 e. The predicted octanol–water partition coefficient (Wildman–Crippen LogP) is 3.96. The molecule has 0 spiro atoms. The number of hydrogen-bond donors (Lipinski definition) is 0. The van der Waals surface area contributed by atoms with Crippen LogP contribution in [0.25, 0.3) is 0 Å². The molecule has 0 aromatic rings. The van der Waals surface area contributed by atoms with Crippen LogP contribution >= 0.6 is 0 Å². The molecule has 17 heavy (non-hydrogen) atoms. The molecule has 0 heterocycles. The van der Waals surface area contributed by atoms with Gasteiger partial charge in [-0.25, -0.2) is 8.78 Å². The van der Waals surface area contributed by atoms with Crippen LogP contribution in [0.15, 0.2) is 24.0 Å². The molecule has 0 saturated heterocycles. The van der Waals surface area contributed by atoms with Crippen molar-refractivity contribution in [3.8, 4) is 0 Å². The molecular formula is C14H20F2O. The van der Waals surface area contributed by atoms with E-state index < -0.39 is 12.3 Å². The maximum absolute atomic E-state index is 13.4. The molecule has 96 valence electrons. The Labute approximate surface area is 102 Å². The molecule has 2 unspecified atom stereocenters. The Morgan fingerprint density at radius 1 is 1.24 bits per heavy atom. The second kappa shape index (κ2) is 5.65. The van der Waals surface area contributed by atoms with Gasteiger partial charge in [-0.15, -0.1) is 0 Å². The summed E-state index contributed by atoms with van der Waals surface area (Å²) in [6.45, 7) is 2.79.